The van der Waals surface area contributed by atoms with Gasteiger partial charge in [0.1, 0.15) is 5.84 Å². The van der Waals surface area contributed by atoms with E-state index in [0.29, 0.717) is 5.06 Å². The second-order valence-electron chi connectivity index (χ2n) is 5.82. The molecule has 0 aliphatic carbocycles. The van der Waals surface area contributed by atoms with E-state index >= 15 is 0 Å². The Hall–Kier alpha value is -2.23. The van der Waals surface area contributed by atoms with Crippen molar-refractivity contribution in [1.82, 2.24) is 19.5 Å². The van der Waals surface area contributed by atoms with Crippen LogP contribution < -0.4 is 5.73 Å². The van der Waals surface area contributed by atoms with Crippen molar-refractivity contribution in [3.8, 4) is 0 Å². The van der Waals surface area contributed by atoms with Crippen LogP contribution in [0.5, 0.6) is 0 Å². The third-order valence-electron chi connectivity index (χ3n) is 4.07. The molecule has 2 fully saturated rings. The second-order valence-corrected chi connectivity index (χ2v) is 8.32. The molecule has 2 amide bonds. The standard InChI is InChI=1S/C11H16N6O7S2/c1-15-5-4-13-10(15)25(19,20)14-9(12)8-3-2-7-6-16(8)11(18)17(7)24-26(21,22)23/h4-5,7-8H,2-3,6H2,1H3,(H2,12,14)(H,21,22,23)/t7-,8?/m1/s1. The van der Waals surface area contributed by atoms with Crippen LogP contribution in [-0.4, -0.2) is 71.4 Å². The van der Waals surface area contributed by atoms with Crippen LogP contribution in [0.15, 0.2) is 21.9 Å². The number of carbonyl (C=O) groups is 1. The summed E-state index contributed by atoms with van der Waals surface area (Å²) in [6, 6.07) is -2.33. The molecule has 0 aromatic carbocycles. The molecule has 15 heteroatoms. The summed E-state index contributed by atoms with van der Waals surface area (Å²) >= 11 is 0. The number of imidazole rings is 1. The van der Waals surface area contributed by atoms with Crippen LogP contribution in [-0.2, 0) is 31.8 Å². The Balaban J connectivity index is 1.85. The van der Waals surface area contributed by atoms with Gasteiger partial charge in [0.15, 0.2) is 0 Å². The number of amidine groups is 1. The zero-order chi connectivity index (χ0) is 19.3. The van der Waals surface area contributed by atoms with E-state index in [0.717, 1.165) is 4.90 Å². The number of hydrogen-bond acceptors (Lipinski definition) is 7. The minimum absolute atomic E-state index is 0.0533. The molecule has 1 aromatic rings. The van der Waals surface area contributed by atoms with Gasteiger partial charge in [-0.3, -0.25) is 4.55 Å². The number of nitrogens with zero attached hydrogens (tertiary/aromatic N) is 5. The fraction of sp³-hybridized carbons (Fsp3) is 0.545. The van der Waals surface area contributed by atoms with Crippen LogP contribution in [0.3, 0.4) is 0 Å². The molecule has 2 aliphatic rings. The van der Waals surface area contributed by atoms with E-state index in [1.807, 2.05) is 0 Å². The van der Waals surface area contributed by atoms with Crippen LogP contribution in [0.4, 0.5) is 4.79 Å². The summed E-state index contributed by atoms with van der Waals surface area (Å²) in [6.07, 6.45) is 3.24. The number of rotatable bonds is 5. The second kappa shape index (κ2) is 6.19. The molecule has 0 radical (unpaired) electrons. The maximum absolute atomic E-state index is 12.3. The first kappa shape index (κ1) is 18.6. The average molecular weight is 408 g/mol. The first-order valence-corrected chi connectivity index (χ1v) is 10.1. The quantitative estimate of drug-likeness (QED) is 0.332. The van der Waals surface area contributed by atoms with E-state index in [1.165, 1.54) is 24.0 Å². The van der Waals surface area contributed by atoms with Gasteiger partial charge in [0.05, 0.1) is 12.1 Å². The van der Waals surface area contributed by atoms with E-state index in [9.17, 15) is 21.6 Å². The lowest BCUT2D eigenvalue weighted by atomic mass is 10.0. The largest absolute Gasteiger partial charge is 0.418 e. The lowest BCUT2D eigenvalue weighted by Gasteiger charge is -2.29. The highest BCUT2D eigenvalue weighted by Gasteiger charge is 2.48. The Morgan fingerprint density at radius 2 is 2.08 bits per heavy atom. The molecule has 2 saturated heterocycles. The molecule has 0 saturated carbocycles. The van der Waals surface area contributed by atoms with Gasteiger partial charge in [0.25, 0.3) is 0 Å². The van der Waals surface area contributed by atoms with Crippen LogP contribution in [0.25, 0.3) is 0 Å². The normalized spacial score (nSPS) is 24.4. The van der Waals surface area contributed by atoms with Gasteiger partial charge in [-0.25, -0.2) is 9.78 Å². The molecular weight excluding hydrogens is 392 g/mol. The first-order chi connectivity index (χ1) is 12.0. The highest BCUT2D eigenvalue weighted by Crippen LogP contribution is 2.31. The number of hydrogen-bond donors (Lipinski definition) is 2. The molecule has 3 rings (SSSR count). The third kappa shape index (κ3) is 3.37. The predicted octanol–water partition coefficient (Wildman–Crippen LogP) is -1.53. The van der Waals surface area contributed by atoms with Gasteiger partial charge in [-0.1, -0.05) is 0 Å². The fourth-order valence-electron chi connectivity index (χ4n) is 2.98. The Labute approximate surface area is 149 Å². The van der Waals surface area contributed by atoms with Crippen molar-refractivity contribution in [2.24, 2.45) is 17.2 Å². The highest BCUT2D eigenvalue weighted by atomic mass is 32.3. The van der Waals surface area contributed by atoms with Gasteiger partial charge in [-0.05, 0) is 12.8 Å². The monoisotopic (exact) mass is 408 g/mol. The number of fused-ring (bicyclic) bond motifs is 2. The van der Waals surface area contributed by atoms with E-state index in [4.69, 9.17) is 10.3 Å². The summed E-state index contributed by atoms with van der Waals surface area (Å²) in [4.78, 5) is 17.2. The highest BCUT2D eigenvalue weighted by molar-refractivity contribution is 7.90. The molecule has 1 unspecified atom stereocenters. The number of urea groups is 1. The van der Waals surface area contributed by atoms with Crippen molar-refractivity contribution in [3.63, 3.8) is 0 Å². The predicted molar refractivity (Wildman–Crippen MR) is 85.4 cm³/mol. The molecule has 144 valence electrons. The number of hydroxylamine groups is 2. The van der Waals surface area contributed by atoms with Crippen LogP contribution in [0.2, 0.25) is 0 Å². The number of carbonyl (C=O) groups excluding carboxylic acids is 1. The van der Waals surface area contributed by atoms with E-state index in [-0.39, 0.29) is 30.4 Å². The van der Waals surface area contributed by atoms with Gasteiger partial charge in [-0.2, -0.15) is 21.9 Å². The summed E-state index contributed by atoms with van der Waals surface area (Å²) in [5, 5.41) is 0.230. The smallest absolute Gasteiger partial charge is 0.385 e. The van der Waals surface area contributed by atoms with Crippen molar-refractivity contribution < 1.29 is 30.5 Å². The van der Waals surface area contributed by atoms with Gasteiger partial charge < -0.3 is 15.2 Å². The van der Waals surface area contributed by atoms with E-state index < -0.39 is 38.5 Å². The third-order valence-corrected chi connectivity index (χ3v) is 5.73. The number of aromatic nitrogens is 2. The molecule has 26 heavy (non-hydrogen) atoms. The molecular formula is C11H16N6O7S2. The molecule has 13 nitrogen and oxygen atoms in total. The molecule has 2 aliphatic heterocycles. The van der Waals surface area contributed by atoms with Crippen LogP contribution in [0, 0.1) is 0 Å². The Morgan fingerprint density at radius 1 is 1.38 bits per heavy atom. The van der Waals surface area contributed by atoms with E-state index in [2.05, 4.69) is 13.7 Å². The van der Waals surface area contributed by atoms with Crippen LogP contribution in [0.1, 0.15) is 12.8 Å². The van der Waals surface area contributed by atoms with Gasteiger partial charge >= 0.3 is 26.5 Å². The summed E-state index contributed by atoms with van der Waals surface area (Å²) in [7, 11) is -7.57. The Morgan fingerprint density at radius 3 is 2.65 bits per heavy atom. The minimum atomic E-state index is -4.87. The SMILES string of the molecule is Cn1ccnc1S(=O)(=O)/N=C(\N)C1CC[C@@H]2CN1C(=O)N2OS(=O)(=O)O. The number of piperidine rings is 1. The molecule has 0 spiro atoms. The number of sulfonamides is 1. The average Bonchev–Trinajstić information content (AvgIpc) is 3.04. The van der Waals surface area contributed by atoms with Gasteiger partial charge in [0.2, 0.25) is 5.16 Å². The summed E-state index contributed by atoms with van der Waals surface area (Å²) in [6.45, 7) is 0.0533. The minimum Gasteiger partial charge on any atom is -0.385 e. The zero-order valence-corrected chi connectivity index (χ0v) is 15.1. The topological polar surface area (TPSA) is 177 Å². The fourth-order valence-corrected chi connectivity index (χ4v) is 4.47. The molecule has 2 atom stereocenters. The summed E-state index contributed by atoms with van der Waals surface area (Å²) < 4.78 is 64.2. The zero-order valence-electron chi connectivity index (χ0n) is 13.5. The lowest BCUT2D eigenvalue weighted by molar-refractivity contribution is -0.0316. The summed E-state index contributed by atoms with van der Waals surface area (Å²) in [5.74, 6) is -0.325. The number of nitrogens with two attached hydrogens (primary N) is 1. The van der Waals surface area contributed by atoms with Crippen molar-refractivity contribution in [3.05, 3.63) is 12.4 Å². The van der Waals surface area contributed by atoms with Crippen LogP contribution >= 0.6 is 0 Å². The lowest BCUT2D eigenvalue weighted by Crippen LogP contribution is -2.48. The van der Waals surface area contributed by atoms with Crippen molar-refractivity contribution in [1.29, 1.82) is 0 Å². The molecule has 3 heterocycles. The maximum Gasteiger partial charge on any atom is 0.418 e. The first-order valence-electron chi connectivity index (χ1n) is 7.34. The number of aryl methyl sites for hydroxylation is 1. The van der Waals surface area contributed by atoms with Crippen molar-refractivity contribution in [2.75, 3.05) is 6.54 Å². The van der Waals surface area contributed by atoms with Crippen molar-refractivity contribution in [2.45, 2.75) is 30.1 Å². The summed E-state index contributed by atoms with van der Waals surface area (Å²) in [5.41, 5.74) is 5.82. The Kier molecular flexibility index (Phi) is 4.41. The molecule has 2 bridgehead atoms. The van der Waals surface area contributed by atoms with Gasteiger partial charge in [-0.15, -0.1) is 8.68 Å². The van der Waals surface area contributed by atoms with E-state index in [1.54, 1.807) is 0 Å². The van der Waals surface area contributed by atoms with Gasteiger partial charge in [0, 0.05) is 26.0 Å². The van der Waals surface area contributed by atoms with Crippen molar-refractivity contribution >= 4 is 32.3 Å². The number of amides is 2. The maximum atomic E-state index is 12.3. The molecule has 1 aromatic heterocycles. The molecule has 3 N–H and O–H groups in total. The Bertz CT molecular complexity index is 969.